The highest BCUT2D eigenvalue weighted by Gasteiger charge is 2.45. The summed E-state index contributed by atoms with van der Waals surface area (Å²) in [6, 6.07) is 8.97. The van der Waals surface area contributed by atoms with Gasteiger partial charge in [-0.05, 0) is 63.0 Å². The molecule has 0 aromatic heterocycles. The summed E-state index contributed by atoms with van der Waals surface area (Å²) in [7, 11) is 0. The Morgan fingerprint density at radius 3 is 2.79 bits per heavy atom. The summed E-state index contributed by atoms with van der Waals surface area (Å²) in [5.41, 5.74) is 1.92. The lowest BCUT2D eigenvalue weighted by molar-refractivity contribution is -0.0154. The van der Waals surface area contributed by atoms with E-state index in [9.17, 15) is 5.11 Å². The zero-order valence-corrected chi connectivity index (χ0v) is 18.4. The van der Waals surface area contributed by atoms with Crippen LogP contribution in [0.25, 0.3) is 0 Å². The minimum absolute atomic E-state index is 0.150. The van der Waals surface area contributed by atoms with Crippen LogP contribution in [0.5, 0.6) is 0 Å². The first kappa shape index (κ1) is 21.3. The van der Waals surface area contributed by atoms with Crippen molar-refractivity contribution in [2.75, 3.05) is 36.8 Å². The van der Waals surface area contributed by atoms with Crippen molar-refractivity contribution in [3.8, 4) is 0 Å². The lowest BCUT2D eigenvalue weighted by Gasteiger charge is -2.44. The molecule has 0 bridgehead atoms. The van der Waals surface area contributed by atoms with Crippen LogP contribution in [0.2, 0.25) is 0 Å². The number of nitrogens with one attached hydrogen (secondary N) is 2. The summed E-state index contributed by atoms with van der Waals surface area (Å²) >= 11 is 1.85. The van der Waals surface area contributed by atoms with E-state index in [1.165, 1.54) is 24.1 Å². The van der Waals surface area contributed by atoms with Gasteiger partial charge in [0.15, 0.2) is 5.96 Å². The second-order valence-corrected chi connectivity index (χ2v) is 9.42. The van der Waals surface area contributed by atoms with Gasteiger partial charge < -0.3 is 20.6 Å². The summed E-state index contributed by atoms with van der Waals surface area (Å²) in [6.07, 6.45) is 4.51. The molecule has 28 heavy (non-hydrogen) atoms. The summed E-state index contributed by atoms with van der Waals surface area (Å²) < 4.78 is 0. The molecule has 1 aliphatic heterocycles. The normalized spacial score (nSPS) is 26.1. The molecule has 3 rings (SSSR count). The van der Waals surface area contributed by atoms with Gasteiger partial charge in [-0.2, -0.15) is 11.8 Å². The first-order chi connectivity index (χ1) is 13.6. The van der Waals surface area contributed by atoms with Crippen molar-refractivity contribution in [2.24, 2.45) is 4.99 Å². The quantitative estimate of drug-likeness (QED) is 0.457. The molecule has 156 valence electrons. The molecule has 1 saturated carbocycles. The van der Waals surface area contributed by atoms with Crippen LogP contribution in [0.1, 0.15) is 58.1 Å². The second kappa shape index (κ2) is 9.88. The Morgan fingerprint density at radius 1 is 1.36 bits per heavy atom. The molecule has 0 spiro atoms. The maximum atomic E-state index is 10.8. The van der Waals surface area contributed by atoms with Crippen LogP contribution in [-0.4, -0.2) is 53.8 Å². The molecule has 1 saturated heterocycles. The molecule has 3 N–H and O–H groups in total. The standard InChI is InChI=1S/C22H36N4OS/c1-4-23-21(24-16-22(27)12-11-20(22)28-5-2)25-17(3)18-9-8-10-19(15-18)26-13-6-7-14-26/h8-10,15,17,20,27H,4-7,11-14,16H2,1-3H3,(H2,23,24,25). The van der Waals surface area contributed by atoms with E-state index in [-0.39, 0.29) is 6.04 Å². The van der Waals surface area contributed by atoms with Crippen LogP contribution in [0.3, 0.4) is 0 Å². The fourth-order valence-electron chi connectivity index (χ4n) is 4.01. The Morgan fingerprint density at radius 2 is 2.14 bits per heavy atom. The number of rotatable bonds is 8. The molecule has 2 aliphatic rings. The van der Waals surface area contributed by atoms with Crippen molar-refractivity contribution in [3.63, 3.8) is 0 Å². The zero-order chi connectivity index (χ0) is 20.0. The fraction of sp³-hybridized carbons (Fsp3) is 0.682. The molecule has 1 aliphatic carbocycles. The third-order valence-corrected chi connectivity index (χ3v) is 7.27. The van der Waals surface area contributed by atoms with Gasteiger partial charge in [0.2, 0.25) is 0 Å². The number of thioether (sulfide) groups is 1. The van der Waals surface area contributed by atoms with Gasteiger partial charge in [0.1, 0.15) is 0 Å². The molecule has 6 heteroatoms. The third kappa shape index (κ3) is 5.15. The maximum Gasteiger partial charge on any atom is 0.191 e. The Hall–Kier alpha value is -1.40. The largest absolute Gasteiger partial charge is 0.387 e. The monoisotopic (exact) mass is 404 g/mol. The van der Waals surface area contributed by atoms with Crippen LogP contribution in [0.4, 0.5) is 5.69 Å². The first-order valence-electron chi connectivity index (χ1n) is 10.8. The van der Waals surface area contributed by atoms with Crippen LogP contribution in [0, 0.1) is 0 Å². The predicted molar refractivity (Wildman–Crippen MR) is 122 cm³/mol. The van der Waals surface area contributed by atoms with Crippen LogP contribution < -0.4 is 15.5 Å². The molecule has 3 atom stereocenters. The van der Waals surface area contributed by atoms with E-state index in [1.807, 2.05) is 11.8 Å². The van der Waals surface area contributed by atoms with E-state index >= 15 is 0 Å². The van der Waals surface area contributed by atoms with Gasteiger partial charge in [-0.3, -0.25) is 4.99 Å². The Labute approximate surface area is 174 Å². The maximum absolute atomic E-state index is 10.8. The minimum Gasteiger partial charge on any atom is -0.387 e. The summed E-state index contributed by atoms with van der Waals surface area (Å²) in [6.45, 7) is 9.97. The van der Waals surface area contributed by atoms with E-state index < -0.39 is 5.60 Å². The van der Waals surface area contributed by atoms with Gasteiger partial charge in [-0.15, -0.1) is 0 Å². The molecule has 2 fully saturated rings. The molecule has 0 amide bonds. The first-order valence-corrected chi connectivity index (χ1v) is 11.8. The number of nitrogens with zero attached hydrogens (tertiary/aromatic N) is 2. The molecule has 5 nitrogen and oxygen atoms in total. The van der Waals surface area contributed by atoms with Crippen molar-refractivity contribution in [2.45, 2.75) is 63.3 Å². The summed E-state index contributed by atoms with van der Waals surface area (Å²) in [5, 5.41) is 18.0. The van der Waals surface area contributed by atoms with Crippen molar-refractivity contribution < 1.29 is 5.11 Å². The van der Waals surface area contributed by atoms with E-state index in [1.54, 1.807) is 0 Å². The Bertz CT molecular complexity index is 662. The number of hydrogen-bond donors (Lipinski definition) is 3. The molecule has 1 aromatic rings. The van der Waals surface area contributed by atoms with Gasteiger partial charge in [0.25, 0.3) is 0 Å². The molecule has 3 unspecified atom stereocenters. The van der Waals surface area contributed by atoms with Crippen LogP contribution in [0.15, 0.2) is 29.3 Å². The molecular formula is C22H36N4OS. The van der Waals surface area contributed by atoms with Crippen LogP contribution in [-0.2, 0) is 0 Å². The van der Waals surface area contributed by atoms with Gasteiger partial charge in [0.05, 0.1) is 18.2 Å². The van der Waals surface area contributed by atoms with Crippen LogP contribution >= 0.6 is 11.8 Å². The van der Waals surface area contributed by atoms with E-state index in [0.717, 1.165) is 44.2 Å². The highest BCUT2D eigenvalue weighted by molar-refractivity contribution is 8.00. The average molecular weight is 405 g/mol. The van der Waals surface area contributed by atoms with E-state index in [4.69, 9.17) is 4.99 Å². The lowest BCUT2D eigenvalue weighted by Crippen LogP contribution is -2.53. The molecular weight excluding hydrogens is 368 g/mol. The highest BCUT2D eigenvalue weighted by atomic mass is 32.2. The molecule has 1 aromatic carbocycles. The minimum atomic E-state index is -0.651. The van der Waals surface area contributed by atoms with Gasteiger partial charge in [-0.25, -0.2) is 0 Å². The van der Waals surface area contributed by atoms with Gasteiger partial charge >= 0.3 is 0 Å². The number of hydrogen-bond acceptors (Lipinski definition) is 4. The summed E-state index contributed by atoms with van der Waals surface area (Å²) in [5.74, 6) is 1.82. The fourth-order valence-corrected chi connectivity index (χ4v) is 5.20. The van der Waals surface area contributed by atoms with E-state index in [2.05, 4.69) is 60.6 Å². The van der Waals surface area contributed by atoms with Crippen molar-refractivity contribution in [1.29, 1.82) is 0 Å². The van der Waals surface area contributed by atoms with E-state index in [0.29, 0.717) is 11.8 Å². The number of aliphatic imine (C=N–C) groups is 1. The van der Waals surface area contributed by atoms with Crippen molar-refractivity contribution >= 4 is 23.4 Å². The second-order valence-electron chi connectivity index (χ2n) is 7.94. The Kier molecular flexibility index (Phi) is 7.52. The number of aliphatic hydroxyl groups is 1. The van der Waals surface area contributed by atoms with Gasteiger partial charge in [0, 0.05) is 30.6 Å². The number of guanidine groups is 1. The summed E-state index contributed by atoms with van der Waals surface area (Å²) in [4.78, 5) is 7.19. The smallest absolute Gasteiger partial charge is 0.191 e. The van der Waals surface area contributed by atoms with Gasteiger partial charge in [-0.1, -0.05) is 19.1 Å². The number of anilines is 1. The topological polar surface area (TPSA) is 59.9 Å². The average Bonchev–Trinajstić information content (AvgIpc) is 3.24. The number of benzene rings is 1. The predicted octanol–water partition coefficient (Wildman–Crippen LogP) is 3.55. The van der Waals surface area contributed by atoms with Crippen molar-refractivity contribution in [3.05, 3.63) is 29.8 Å². The lowest BCUT2D eigenvalue weighted by atomic mass is 9.79. The third-order valence-electron chi connectivity index (χ3n) is 5.86. The molecule has 1 heterocycles. The zero-order valence-electron chi connectivity index (χ0n) is 17.6. The Balaban J connectivity index is 1.64. The molecule has 0 radical (unpaired) electrons. The highest BCUT2D eigenvalue weighted by Crippen LogP contribution is 2.41. The van der Waals surface area contributed by atoms with Crippen molar-refractivity contribution in [1.82, 2.24) is 10.6 Å². The SMILES string of the molecule is CCNC(=NCC1(O)CCC1SCC)NC(C)c1cccc(N2CCCC2)c1.